The number of rotatable bonds is 1. The molecule has 12 heteroatoms. The zero-order valence-electron chi connectivity index (χ0n) is 16.9. The summed E-state index contributed by atoms with van der Waals surface area (Å²) >= 11 is 0. The number of nitrogens with zero attached hydrogens (tertiary/aromatic N) is 2. The third-order valence-corrected chi connectivity index (χ3v) is 5.98. The summed E-state index contributed by atoms with van der Waals surface area (Å²) in [5.41, 5.74) is -2.85. The molecule has 1 heterocycles. The first-order chi connectivity index (χ1) is 15.2. The van der Waals surface area contributed by atoms with Crippen molar-refractivity contribution in [3.8, 4) is 6.07 Å². The average Bonchev–Trinajstić information content (AvgIpc) is 2.66. The molecule has 0 amide bonds. The number of anilines is 1. The molecular weight excluding hydrogens is 465 g/mol. The van der Waals surface area contributed by atoms with Gasteiger partial charge in [0.05, 0.1) is 17.2 Å². The van der Waals surface area contributed by atoms with Gasteiger partial charge in [0.1, 0.15) is 11.9 Å². The van der Waals surface area contributed by atoms with E-state index in [2.05, 4.69) is 0 Å². The Morgan fingerprint density at radius 1 is 0.909 bits per heavy atom. The zero-order chi connectivity index (χ0) is 24.8. The van der Waals surface area contributed by atoms with Gasteiger partial charge in [-0.15, -0.1) is 0 Å². The molecule has 0 radical (unpaired) electrons. The Balaban J connectivity index is 2.36. The van der Waals surface area contributed by atoms with Gasteiger partial charge < -0.3 is 10.6 Å². The molecule has 0 saturated heterocycles. The molecule has 3 nitrogen and oxygen atoms in total. The molecule has 33 heavy (non-hydrogen) atoms. The molecule has 1 aliphatic heterocycles. The Kier molecular flexibility index (Phi) is 6.15. The molecule has 0 aromatic heterocycles. The number of nitriles is 1. The number of halogens is 9. The summed E-state index contributed by atoms with van der Waals surface area (Å²) in [6, 6.07) is 2.58. The summed E-state index contributed by atoms with van der Waals surface area (Å²) in [6.45, 7) is 0. The molecule has 180 valence electrons. The molecule has 0 fully saturated rings. The van der Waals surface area contributed by atoms with Gasteiger partial charge in [0.25, 0.3) is 0 Å². The lowest BCUT2D eigenvalue weighted by Crippen LogP contribution is -2.61. The first-order valence-corrected chi connectivity index (χ1v) is 9.88. The lowest BCUT2D eigenvalue weighted by molar-refractivity contribution is -0.312. The van der Waals surface area contributed by atoms with Crippen LogP contribution in [0.2, 0.25) is 0 Å². The van der Waals surface area contributed by atoms with Crippen molar-refractivity contribution in [1.29, 1.82) is 5.26 Å². The molecule has 1 aromatic carbocycles. The van der Waals surface area contributed by atoms with E-state index in [9.17, 15) is 44.8 Å². The van der Waals surface area contributed by atoms with Gasteiger partial charge in [0.2, 0.25) is 5.41 Å². The van der Waals surface area contributed by atoms with E-state index in [1.54, 1.807) is 0 Å². The molecule has 0 bridgehead atoms. The summed E-state index contributed by atoms with van der Waals surface area (Å²) in [5, 5.41) is 9.46. The van der Waals surface area contributed by atoms with E-state index >= 15 is 0 Å². The quantitative estimate of drug-likeness (QED) is 0.362. The van der Waals surface area contributed by atoms with Crippen LogP contribution in [0.25, 0.3) is 0 Å². The minimum Gasteiger partial charge on any atom is -0.384 e. The summed E-state index contributed by atoms with van der Waals surface area (Å²) in [6.07, 6.45) is -14.8. The predicted molar refractivity (Wildman–Crippen MR) is 100 cm³/mol. The Hall–Kier alpha value is -2.84. The van der Waals surface area contributed by atoms with E-state index in [1.807, 2.05) is 0 Å². The van der Waals surface area contributed by atoms with Crippen LogP contribution in [0.1, 0.15) is 37.7 Å². The molecule has 3 rings (SSSR count). The fourth-order valence-corrected chi connectivity index (χ4v) is 4.55. The van der Waals surface area contributed by atoms with Crippen molar-refractivity contribution < 1.29 is 39.5 Å². The Morgan fingerprint density at radius 2 is 1.48 bits per heavy atom. The van der Waals surface area contributed by atoms with Crippen molar-refractivity contribution >= 4 is 5.69 Å². The molecular formula is C21H18F9N3. The van der Waals surface area contributed by atoms with Crippen molar-refractivity contribution in [3.63, 3.8) is 0 Å². The van der Waals surface area contributed by atoms with Crippen molar-refractivity contribution in [2.75, 3.05) is 4.90 Å². The number of hydrogen-bond acceptors (Lipinski definition) is 3. The predicted octanol–water partition coefficient (Wildman–Crippen LogP) is 6.59. The molecule has 1 aromatic rings. The topological polar surface area (TPSA) is 53.1 Å². The second kappa shape index (κ2) is 8.18. The summed E-state index contributed by atoms with van der Waals surface area (Å²) in [5.74, 6) is -1.09. The molecule has 1 atom stereocenters. The van der Waals surface area contributed by atoms with Crippen molar-refractivity contribution in [1.82, 2.24) is 0 Å². The monoisotopic (exact) mass is 483 g/mol. The van der Waals surface area contributed by atoms with Crippen LogP contribution < -0.4 is 10.6 Å². The third-order valence-electron chi connectivity index (χ3n) is 5.98. The van der Waals surface area contributed by atoms with Crippen LogP contribution in [0.15, 0.2) is 47.3 Å². The lowest BCUT2D eigenvalue weighted by atomic mass is 9.65. The standard InChI is InChI=1S/C21H18F9N3/c22-19(23,24)12-7-9-13(10-8-12)33-16-6-4-2-1-3-5-14(16)18(20(25,26)27,21(28,29)30)15(11-31)17(33)32/h5,7-10,16H,1-4,6,32H2/t16-/m0/s1. The van der Waals surface area contributed by atoms with Crippen LogP contribution in [-0.4, -0.2) is 18.4 Å². The second-order valence-electron chi connectivity index (χ2n) is 7.85. The molecule has 2 N–H and O–H groups in total. The van der Waals surface area contributed by atoms with Crippen LogP contribution in [0.4, 0.5) is 45.2 Å². The maximum atomic E-state index is 14.3. The average molecular weight is 483 g/mol. The highest BCUT2D eigenvalue weighted by Crippen LogP contribution is 2.63. The van der Waals surface area contributed by atoms with Crippen molar-refractivity contribution in [2.24, 2.45) is 11.1 Å². The number of benzene rings is 1. The first kappa shape index (κ1) is 24.8. The van der Waals surface area contributed by atoms with Crippen molar-refractivity contribution in [3.05, 3.63) is 52.9 Å². The fraction of sp³-hybridized carbons (Fsp3) is 0.476. The highest BCUT2D eigenvalue weighted by atomic mass is 19.4. The zero-order valence-corrected chi connectivity index (χ0v) is 16.9. The van der Waals surface area contributed by atoms with Gasteiger partial charge in [0, 0.05) is 5.69 Å². The molecule has 2 aliphatic rings. The van der Waals surface area contributed by atoms with Gasteiger partial charge in [-0.3, -0.25) is 0 Å². The SMILES string of the molecule is N#CC1=C(N)N(c2ccc(C(F)(F)F)cc2)[C@H]2CCCCCC=C2C1(C(F)(F)F)C(F)(F)F. The highest BCUT2D eigenvalue weighted by Gasteiger charge is 2.77. The largest absolute Gasteiger partial charge is 0.416 e. The van der Waals surface area contributed by atoms with E-state index in [-0.39, 0.29) is 24.9 Å². The van der Waals surface area contributed by atoms with E-state index in [1.165, 1.54) is 0 Å². The van der Waals surface area contributed by atoms with E-state index < -0.39 is 52.5 Å². The maximum absolute atomic E-state index is 14.3. The maximum Gasteiger partial charge on any atom is 0.416 e. The second-order valence-corrected chi connectivity index (χ2v) is 7.85. The van der Waals surface area contributed by atoms with Crippen LogP contribution in [0.5, 0.6) is 0 Å². The fourth-order valence-electron chi connectivity index (χ4n) is 4.55. The Labute approximate surface area is 182 Å². The summed E-state index contributed by atoms with van der Waals surface area (Å²) in [4.78, 5) is 0.908. The molecule has 0 unspecified atom stereocenters. The molecule has 1 aliphatic carbocycles. The van der Waals surface area contributed by atoms with E-state index in [0.717, 1.165) is 29.2 Å². The van der Waals surface area contributed by atoms with Gasteiger partial charge in [-0.05, 0) is 49.1 Å². The van der Waals surface area contributed by atoms with Gasteiger partial charge in [-0.2, -0.15) is 44.8 Å². The number of allylic oxidation sites excluding steroid dienone is 2. The van der Waals surface area contributed by atoms with Crippen LogP contribution >= 0.6 is 0 Å². The van der Waals surface area contributed by atoms with Crippen LogP contribution in [-0.2, 0) is 6.18 Å². The first-order valence-electron chi connectivity index (χ1n) is 9.88. The Morgan fingerprint density at radius 3 is 1.97 bits per heavy atom. The summed E-state index contributed by atoms with van der Waals surface area (Å²) in [7, 11) is 0. The normalized spacial score (nSPS) is 22.1. The smallest absolute Gasteiger partial charge is 0.384 e. The molecule has 0 saturated carbocycles. The van der Waals surface area contributed by atoms with E-state index in [0.29, 0.717) is 25.0 Å². The minimum atomic E-state index is -5.93. The number of hydrogen-bond donors (Lipinski definition) is 1. The van der Waals surface area contributed by atoms with Crippen LogP contribution in [0.3, 0.4) is 0 Å². The highest BCUT2D eigenvalue weighted by molar-refractivity contribution is 5.64. The van der Waals surface area contributed by atoms with Gasteiger partial charge in [-0.1, -0.05) is 18.9 Å². The Bertz CT molecular complexity index is 978. The van der Waals surface area contributed by atoms with Gasteiger partial charge in [-0.25, -0.2) is 0 Å². The number of fused-ring (bicyclic) bond motifs is 1. The van der Waals surface area contributed by atoms with Crippen molar-refractivity contribution in [2.45, 2.75) is 56.7 Å². The third kappa shape index (κ3) is 3.91. The minimum absolute atomic E-state index is 0.0841. The van der Waals surface area contributed by atoms with E-state index in [4.69, 9.17) is 5.73 Å². The van der Waals surface area contributed by atoms with Gasteiger partial charge in [0.15, 0.2) is 0 Å². The number of alkyl halides is 9. The summed E-state index contributed by atoms with van der Waals surface area (Å²) < 4.78 is 124. The van der Waals surface area contributed by atoms with Gasteiger partial charge >= 0.3 is 18.5 Å². The molecule has 0 spiro atoms. The van der Waals surface area contributed by atoms with Crippen LogP contribution in [0, 0.1) is 16.7 Å². The lowest BCUT2D eigenvalue weighted by Gasteiger charge is -2.50. The number of nitrogens with two attached hydrogens (primary N) is 1.